The molecule has 1 unspecified atom stereocenters. The van der Waals surface area contributed by atoms with E-state index in [0.29, 0.717) is 12.5 Å². The molecule has 0 aromatic rings. The van der Waals surface area contributed by atoms with Crippen LogP contribution in [0.5, 0.6) is 0 Å². The van der Waals surface area contributed by atoms with Crippen LogP contribution in [-0.4, -0.2) is 42.8 Å². The number of amides is 1. The molecular formula is C13H21NO3S. The smallest absolute Gasteiger partial charge is 0.226 e. The molecular weight excluding hydrogens is 250 g/mol. The Labute approximate surface area is 109 Å². The molecule has 5 heteroatoms. The van der Waals surface area contributed by atoms with Crippen molar-refractivity contribution in [2.45, 2.75) is 57.0 Å². The molecule has 1 heterocycles. The molecule has 1 aliphatic heterocycles. The number of hydrogen-bond donors (Lipinski definition) is 0. The highest BCUT2D eigenvalue weighted by atomic mass is 32.2. The summed E-state index contributed by atoms with van der Waals surface area (Å²) in [5.74, 6) is 0.881. The van der Waals surface area contributed by atoms with E-state index in [4.69, 9.17) is 0 Å². The highest BCUT2D eigenvalue weighted by molar-refractivity contribution is 7.91. The quantitative estimate of drug-likeness (QED) is 0.778. The highest BCUT2D eigenvalue weighted by Crippen LogP contribution is 2.36. The molecule has 2 aliphatic carbocycles. The molecule has 1 saturated heterocycles. The second-order valence-electron chi connectivity index (χ2n) is 6.01. The van der Waals surface area contributed by atoms with Gasteiger partial charge >= 0.3 is 0 Å². The summed E-state index contributed by atoms with van der Waals surface area (Å²) in [4.78, 5) is 14.5. The first-order chi connectivity index (χ1) is 8.57. The van der Waals surface area contributed by atoms with E-state index in [1.54, 1.807) is 0 Å². The molecule has 4 nitrogen and oxygen atoms in total. The van der Waals surface area contributed by atoms with Crippen LogP contribution in [0.1, 0.15) is 44.9 Å². The second kappa shape index (κ2) is 4.51. The minimum absolute atomic E-state index is 0.0319. The van der Waals surface area contributed by atoms with E-state index < -0.39 is 9.84 Å². The molecule has 0 aromatic heterocycles. The standard InChI is InChI=1S/C13H21NO3S/c15-13(10-3-1-2-4-10)14(11-5-6-11)12-7-8-18(16,17)9-12/h10-12H,1-9H2. The highest BCUT2D eigenvalue weighted by Gasteiger charge is 2.44. The summed E-state index contributed by atoms with van der Waals surface area (Å²) in [6.45, 7) is 0. The zero-order chi connectivity index (χ0) is 12.8. The predicted octanol–water partition coefficient (Wildman–Crippen LogP) is 1.35. The van der Waals surface area contributed by atoms with E-state index >= 15 is 0 Å². The van der Waals surface area contributed by atoms with Crippen LogP contribution in [0.2, 0.25) is 0 Å². The Morgan fingerprint density at radius 2 is 1.61 bits per heavy atom. The summed E-state index contributed by atoms with van der Waals surface area (Å²) < 4.78 is 23.2. The van der Waals surface area contributed by atoms with Crippen molar-refractivity contribution in [3.05, 3.63) is 0 Å². The van der Waals surface area contributed by atoms with Crippen LogP contribution in [0.25, 0.3) is 0 Å². The lowest BCUT2D eigenvalue weighted by Gasteiger charge is -2.30. The maximum atomic E-state index is 12.6. The molecule has 3 aliphatic rings. The summed E-state index contributed by atoms with van der Waals surface area (Å²) in [6.07, 6.45) is 7.08. The van der Waals surface area contributed by atoms with E-state index in [1.165, 1.54) is 0 Å². The fourth-order valence-corrected chi connectivity index (χ4v) is 5.10. The van der Waals surface area contributed by atoms with Crippen molar-refractivity contribution in [3.8, 4) is 0 Å². The first-order valence-electron chi connectivity index (χ1n) is 7.09. The topological polar surface area (TPSA) is 54.5 Å². The van der Waals surface area contributed by atoms with Crippen LogP contribution in [0.3, 0.4) is 0 Å². The zero-order valence-electron chi connectivity index (χ0n) is 10.7. The van der Waals surface area contributed by atoms with E-state index in [2.05, 4.69) is 0 Å². The average molecular weight is 271 g/mol. The van der Waals surface area contributed by atoms with Gasteiger partial charge in [-0.15, -0.1) is 0 Å². The minimum Gasteiger partial charge on any atom is -0.335 e. The van der Waals surface area contributed by atoms with Gasteiger partial charge in [-0.3, -0.25) is 4.79 Å². The van der Waals surface area contributed by atoms with Gasteiger partial charge in [0.25, 0.3) is 0 Å². The number of carbonyl (C=O) groups is 1. The van der Waals surface area contributed by atoms with Gasteiger partial charge in [0.05, 0.1) is 11.5 Å². The van der Waals surface area contributed by atoms with Crippen molar-refractivity contribution >= 4 is 15.7 Å². The molecule has 0 spiro atoms. The summed E-state index contributed by atoms with van der Waals surface area (Å²) in [6, 6.07) is 0.312. The Bertz CT molecular complexity index is 435. The Morgan fingerprint density at radius 3 is 2.11 bits per heavy atom. The van der Waals surface area contributed by atoms with Gasteiger partial charge in [-0.05, 0) is 32.1 Å². The first kappa shape index (κ1) is 12.5. The van der Waals surface area contributed by atoms with Gasteiger partial charge < -0.3 is 4.90 Å². The molecule has 0 N–H and O–H groups in total. The maximum absolute atomic E-state index is 12.6. The number of nitrogens with zero attached hydrogens (tertiary/aromatic N) is 1. The van der Waals surface area contributed by atoms with Crippen LogP contribution in [0.4, 0.5) is 0 Å². The SMILES string of the molecule is O=C(C1CCCC1)N(C1CC1)C1CCS(=O)(=O)C1. The number of hydrogen-bond acceptors (Lipinski definition) is 3. The fraction of sp³-hybridized carbons (Fsp3) is 0.923. The minimum atomic E-state index is -2.90. The molecule has 0 radical (unpaired) electrons. The van der Waals surface area contributed by atoms with Crippen LogP contribution in [0.15, 0.2) is 0 Å². The first-order valence-corrected chi connectivity index (χ1v) is 8.91. The molecule has 3 fully saturated rings. The van der Waals surface area contributed by atoms with Crippen LogP contribution >= 0.6 is 0 Å². The van der Waals surface area contributed by atoms with E-state index in [0.717, 1.165) is 38.5 Å². The lowest BCUT2D eigenvalue weighted by atomic mass is 10.0. The number of sulfone groups is 1. The molecule has 0 bridgehead atoms. The van der Waals surface area contributed by atoms with Crippen molar-refractivity contribution in [1.82, 2.24) is 4.90 Å². The van der Waals surface area contributed by atoms with Gasteiger partial charge in [0.15, 0.2) is 9.84 Å². The van der Waals surface area contributed by atoms with Crippen molar-refractivity contribution in [3.63, 3.8) is 0 Å². The summed E-state index contributed by atoms with van der Waals surface area (Å²) >= 11 is 0. The van der Waals surface area contributed by atoms with Crippen molar-refractivity contribution in [2.75, 3.05) is 11.5 Å². The molecule has 102 valence electrons. The van der Waals surface area contributed by atoms with Crippen LogP contribution in [0, 0.1) is 5.92 Å². The molecule has 18 heavy (non-hydrogen) atoms. The Hall–Kier alpha value is -0.580. The zero-order valence-corrected chi connectivity index (χ0v) is 11.5. The van der Waals surface area contributed by atoms with Crippen molar-refractivity contribution < 1.29 is 13.2 Å². The normalized spacial score (nSPS) is 31.7. The van der Waals surface area contributed by atoms with Gasteiger partial charge in [-0.2, -0.15) is 0 Å². The Kier molecular flexibility index (Phi) is 3.12. The average Bonchev–Trinajstić information content (AvgIpc) is 2.87. The molecule has 1 atom stereocenters. The third-order valence-corrected chi connectivity index (χ3v) is 6.25. The number of carbonyl (C=O) groups excluding carboxylic acids is 1. The van der Waals surface area contributed by atoms with Gasteiger partial charge in [0.1, 0.15) is 0 Å². The summed E-state index contributed by atoms with van der Waals surface area (Å²) in [7, 11) is -2.90. The van der Waals surface area contributed by atoms with Gasteiger partial charge in [0, 0.05) is 18.0 Å². The lowest BCUT2D eigenvalue weighted by Crippen LogP contribution is -2.45. The lowest BCUT2D eigenvalue weighted by molar-refractivity contribution is -0.137. The molecule has 3 rings (SSSR count). The Morgan fingerprint density at radius 1 is 0.944 bits per heavy atom. The fourth-order valence-electron chi connectivity index (χ4n) is 3.39. The third kappa shape index (κ3) is 2.42. The van der Waals surface area contributed by atoms with Gasteiger partial charge in [-0.1, -0.05) is 12.8 Å². The third-order valence-electron chi connectivity index (χ3n) is 4.50. The maximum Gasteiger partial charge on any atom is 0.226 e. The monoisotopic (exact) mass is 271 g/mol. The summed E-state index contributed by atoms with van der Waals surface area (Å²) in [5, 5.41) is 0. The summed E-state index contributed by atoms with van der Waals surface area (Å²) in [5.41, 5.74) is 0. The van der Waals surface area contributed by atoms with Gasteiger partial charge in [-0.25, -0.2) is 8.42 Å². The Balaban J connectivity index is 1.74. The molecule has 0 aromatic carbocycles. The van der Waals surface area contributed by atoms with Crippen LogP contribution < -0.4 is 0 Å². The van der Waals surface area contributed by atoms with Gasteiger partial charge in [0.2, 0.25) is 5.91 Å². The largest absolute Gasteiger partial charge is 0.335 e. The number of rotatable bonds is 3. The van der Waals surface area contributed by atoms with E-state index in [1.807, 2.05) is 4.90 Å². The van der Waals surface area contributed by atoms with E-state index in [9.17, 15) is 13.2 Å². The van der Waals surface area contributed by atoms with E-state index in [-0.39, 0.29) is 29.4 Å². The second-order valence-corrected chi connectivity index (χ2v) is 8.24. The predicted molar refractivity (Wildman–Crippen MR) is 68.9 cm³/mol. The molecule has 1 amide bonds. The van der Waals surface area contributed by atoms with Crippen molar-refractivity contribution in [2.24, 2.45) is 5.92 Å². The van der Waals surface area contributed by atoms with Crippen LogP contribution in [-0.2, 0) is 14.6 Å². The molecule has 2 saturated carbocycles. The van der Waals surface area contributed by atoms with Crippen molar-refractivity contribution in [1.29, 1.82) is 0 Å².